The minimum absolute atomic E-state index is 0.0840. The summed E-state index contributed by atoms with van der Waals surface area (Å²) in [6.45, 7) is 2.19. The summed E-state index contributed by atoms with van der Waals surface area (Å²) in [6, 6.07) is 11.1. The monoisotopic (exact) mass is 341 g/mol. The van der Waals surface area contributed by atoms with E-state index in [9.17, 15) is 4.79 Å². The van der Waals surface area contributed by atoms with E-state index < -0.39 is 0 Å². The van der Waals surface area contributed by atoms with Crippen LogP contribution in [0.25, 0.3) is 0 Å². The Morgan fingerprint density at radius 2 is 2.04 bits per heavy atom. The molecule has 1 amide bonds. The van der Waals surface area contributed by atoms with Crippen LogP contribution >= 0.6 is 0 Å². The third-order valence-electron chi connectivity index (χ3n) is 4.27. The first-order chi connectivity index (χ1) is 12.3. The smallest absolute Gasteiger partial charge is 0.224 e. The van der Waals surface area contributed by atoms with Crippen LogP contribution < -0.4 is 20.1 Å². The molecule has 6 nitrogen and oxygen atoms in total. The number of nitrogens with one attached hydrogen (secondary N) is 2. The largest absolute Gasteiger partial charge is 0.497 e. The Morgan fingerprint density at radius 1 is 1.24 bits per heavy atom. The van der Waals surface area contributed by atoms with Gasteiger partial charge in [-0.2, -0.15) is 0 Å². The van der Waals surface area contributed by atoms with Crippen molar-refractivity contribution >= 4 is 5.91 Å². The molecule has 1 aromatic carbocycles. The van der Waals surface area contributed by atoms with E-state index in [1.165, 1.54) is 0 Å². The number of methoxy groups -OCH3 is 1. The zero-order valence-electron chi connectivity index (χ0n) is 14.3. The Balaban J connectivity index is 1.65. The quantitative estimate of drug-likeness (QED) is 0.845. The molecule has 132 valence electrons. The molecule has 1 saturated heterocycles. The van der Waals surface area contributed by atoms with Crippen molar-refractivity contribution < 1.29 is 14.3 Å². The molecule has 0 unspecified atom stereocenters. The SMILES string of the molecule is COc1cccc(Oc2ncccc2CNC(=O)C2CCNCC2)c1. The predicted octanol–water partition coefficient (Wildman–Crippen LogP) is 2.50. The van der Waals surface area contributed by atoms with Crippen LogP contribution in [-0.2, 0) is 11.3 Å². The van der Waals surface area contributed by atoms with Gasteiger partial charge in [0, 0.05) is 30.3 Å². The van der Waals surface area contributed by atoms with Gasteiger partial charge in [0.1, 0.15) is 11.5 Å². The molecular formula is C19H23N3O3. The highest BCUT2D eigenvalue weighted by Gasteiger charge is 2.20. The second-order valence-corrected chi connectivity index (χ2v) is 5.99. The molecule has 0 saturated carbocycles. The van der Waals surface area contributed by atoms with Gasteiger partial charge in [0.25, 0.3) is 0 Å². The standard InChI is InChI=1S/C19H23N3O3/c1-24-16-5-2-6-17(12-16)25-19-15(4-3-9-21-19)13-22-18(23)14-7-10-20-11-8-14/h2-6,9,12,14,20H,7-8,10-11,13H2,1H3,(H,22,23). The van der Waals surface area contributed by atoms with E-state index in [-0.39, 0.29) is 11.8 Å². The molecule has 1 aliphatic rings. The molecule has 3 rings (SSSR count). The average Bonchev–Trinajstić information content (AvgIpc) is 2.68. The van der Waals surface area contributed by atoms with Crippen LogP contribution in [0.2, 0.25) is 0 Å². The van der Waals surface area contributed by atoms with Crippen LogP contribution in [0.15, 0.2) is 42.6 Å². The molecule has 1 aromatic heterocycles. The van der Waals surface area contributed by atoms with E-state index in [0.29, 0.717) is 23.9 Å². The van der Waals surface area contributed by atoms with Crippen molar-refractivity contribution in [1.82, 2.24) is 15.6 Å². The lowest BCUT2D eigenvalue weighted by molar-refractivity contribution is -0.125. The van der Waals surface area contributed by atoms with Crippen LogP contribution in [0.5, 0.6) is 17.4 Å². The van der Waals surface area contributed by atoms with E-state index in [1.54, 1.807) is 19.4 Å². The summed E-state index contributed by atoms with van der Waals surface area (Å²) in [5.41, 5.74) is 0.840. The molecule has 2 heterocycles. The fourth-order valence-corrected chi connectivity index (χ4v) is 2.84. The van der Waals surface area contributed by atoms with Gasteiger partial charge in [-0.05, 0) is 44.1 Å². The summed E-state index contributed by atoms with van der Waals surface area (Å²) in [7, 11) is 1.61. The highest BCUT2D eigenvalue weighted by atomic mass is 16.5. The number of rotatable bonds is 6. The van der Waals surface area contributed by atoms with Gasteiger partial charge in [0.05, 0.1) is 7.11 Å². The van der Waals surface area contributed by atoms with Crippen molar-refractivity contribution in [2.75, 3.05) is 20.2 Å². The van der Waals surface area contributed by atoms with Crippen molar-refractivity contribution in [3.05, 3.63) is 48.2 Å². The van der Waals surface area contributed by atoms with E-state index >= 15 is 0 Å². The maximum Gasteiger partial charge on any atom is 0.224 e. The van der Waals surface area contributed by atoms with Crippen LogP contribution in [0.1, 0.15) is 18.4 Å². The molecule has 2 aromatic rings. The first-order valence-corrected chi connectivity index (χ1v) is 8.50. The van der Waals surface area contributed by atoms with Gasteiger partial charge in [0.2, 0.25) is 11.8 Å². The van der Waals surface area contributed by atoms with E-state index in [4.69, 9.17) is 9.47 Å². The van der Waals surface area contributed by atoms with Crippen LogP contribution in [-0.4, -0.2) is 31.1 Å². The zero-order chi connectivity index (χ0) is 17.5. The zero-order valence-corrected chi connectivity index (χ0v) is 14.3. The summed E-state index contributed by atoms with van der Waals surface area (Å²) in [5, 5.41) is 6.27. The molecule has 2 N–H and O–H groups in total. The lowest BCUT2D eigenvalue weighted by atomic mass is 9.97. The number of nitrogens with zero attached hydrogens (tertiary/aromatic N) is 1. The maximum atomic E-state index is 12.3. The van der Waals surface area contributed by atoms with Crippen molar-refractivity contribution in [1.29, 1.82) is 0 Å². The van der Waals surface area contributed by atoms with Gasteiger partial charge in [-0.1, -0.05) is 12.1 Å². The minimum atomic E-state index is 0.0840. The highest BCUT2D eigenvalue weighted by molar-refractivity contribution is 5.78. The topological polar surface area (TPSA) is 72.5 Å². The van der Waals surface area contributed by atoms with E-state index in [2.05, 4.69) is 15.6 Å². The number of hydrogen-bond donors (Lipinski definition) is 2. The van der Waals surface area contributed by atoms with E-state index in [1.807, 2.05) is 30.3 Å². The Labute approximate surface area is 147 Å². The molecule has 0 spiro atoms. The summed E-state index contributed by atoms with van der Waals surface area (Å²) < 4.78 is 11.1. The number of piperidine rings is 1. The Kier molecular flexibility index (Phi) is 5.85. The molecule has 0 radical (unpaired) electrons. The Morgan fingerprint density at radius 3 is 2.84 bits per heavy atom. The number of ether oxygens (including phenoxy) is 2. The summed E-state index contributed by atoms with van der Waals surface area (Å²) in [4.78, 5) is 16.6. The third kappa shape index (κ3) is 4.70. The third-order valence-corrected chi connectivity index (χ3v) is 4.27. The first-order valence-electron chi connectivity index (χ1n) is 8.50. The molecule has 25 heavy (non-hydrogen) atoms. The second kappa shape index (κ2) is 8.48. The van der Waals surface area contributed by atoms with Gasteiger partial charge in [-0.25, -0.2) is 4.98 Å². The predicted molar refractivity (Wildman–Crippen MR) is 94.7 cm³/mol. The van der Waals surface area contributed by atoms with Crippen molar-refractivity contribution in [2.45, 2.75) is 19.4 Å². The minimum Gasteiger partial charge on any atom is -0.497 e. The fourth-order valence-electron chi connectivity index (χ4n) is 2.84. The highest BCUT2D eigenvalue weighted by Crippen LogP contribution is 2.26. The van der Waals surface area contributed by atoms with E-state index in [0.717, 1.165) is 31.5 Å². The van der Waals surface area contributed by atoms with Gasteiger partial charge in [-0.3, -0.25) is 4.79 Å². The second-order valence-electron chi connectivity index (χ2n) is 5.99. The number of hydrogen-bond acceptors (Lipinski definition) is 5. The molecule has 1 aliphatic heterocycles. The maximum absolute atomic E-state index is 12.3. The first kappa shape index (κ1) is 17.2. The average molecular weight is 341 g/mol. The molecular weight excluding hydrogens is 318 g/mol. The number of pyridine rings is 1. The number of carbonyl (C=O) groups excluding carboxylic acids is 1. The van der Waals surface area contributed by atoms with Crippen molar-refractivity contribution in [3.63, 3.8) is 0 Å². The van der Waals surface area contributed by atoms with Crippen molar-refractivity contribution in [2.24, 2.45) is 5.92 Å². The molecule has 1 fully saturated rings. The number of carbonyl (C=O) groups is 1. The Bertz CT molecular complexity index is 715. The number of aromatic nitrogens is 1. The fraction of sp³-hybridized carbons (Fsp3) is 0.368. The van der Waals surface area contributed by atoms with Crippen LogP contribution in [0.3, 0.4) is 0 Å². The number of amides is 1. The van der Waals surface area contributed by atoms with Gasteiger partial charge in [0.15, 0.2) is 0 Å². The van der Waals surface area contributed by atoms with Gasteiger partial charge in [-0.15, -0.1) is 0 Å². The molecule has 0 aliphatic carbocycles. The van der Waals surface area contributed by atoms with Gasteiger partial charge >= 0.3 is 0 Å². The molecule has 0 atom stereocenters. The Hall–Kier alpha value is -2.60. The number of benzene rings is 1. The lowest BCUT2D eigenvalue weighted by Gasteiger charge is -2.22. The summed E-state index contributed by atoms with van der Waals surface area (Å²) >= 11 is 0. The van der Waals surface area contributed by atoms with Gasteiger partial charge < -0.3 is 20.1 Å². The molecule has 0 bridgehead atoms. The van der Waals surface area contributed by atoms with Crippen LogP contribution in [0, 0.1) is 5.92 Å². The van der Waals surface area contributed by atoms with Crippen LogP contribution in [0.4, 0.5) is 0 Å². The lowest BCUT2D eigenvalue weighted by Crippen LogP contribution is -2.37. The normalized spacial score (nSPS) is 14.8. The molecule has 6 heteroatoms. The summed E-state index contributed by atoms with van der Waals surface area (Å²) in [5.74, 6) is 2.03. The van der Waals surface area contributed by atoms with Crippen molar-refractivity contribution in [3.8, 4) is 17.4 Å². The summed E-state index contributed by atoms with van der Waals surface area (Å²) in [6.07, 6.45) is 3.44.